The lowest BCUT2D eigenvalue weighted by Crippen LogP contribution is -2.24. The quantitative estimate of drug-likeness (QED) is 0.813. The Morgan fingerprint density at radius 1 is 1.12 bits per heavy atom. The number of carbonyl (C=O) groups excluding carboxylic acids is 2. The zero-order chi connectivity index (χ0) is 18.5. The van der Waals surface area contributed by atoms with E-state index in [1.54, 1.807) is 36.4 Å². The third kappa shape index (κ3) is 4.26. The highest BCUT2D eigenvalue weighted by Gasteiger charge is 2.17. The standard InChI is InChI=1S/C19H18ClNO5/c1-24-19(23)14-4-2-12(3-5-14)11-21-17(22)10-13-8-15(20)18-16(9-13)25-6-7-26-18/h2-5,8-9H,6-7,10-11H2,1H3,(H,21,22). The molecule has 0 radical (unpaired) electrons. The molecule has 7 heteroatoms. The summed E-state index contributed by atoms with van der Waals surface area (Å²) in [5.74, 6) is 0.545. The molecule has 0 saturated heterocycles. The fourth-order valence-corrected chi connectivity index (χ4v) is 2.88. The van der Waals surface area contributed by atoms with Crippen LogP contribution in [0.4, 0.5) is 0 Å². The second kappa shape index (κ2) is 8.10. The molecular weight excluding hydrogens is 358 g/mol. The molecule has 26 heavy (non-hydrogen) atoms. The maximum absolute atomic E-state index is 12.2. The van der Waals surface area contributed by atoms with E-state index in [1.807, 2.05) is 0 Å². The van der Waals surface area contributed by atoms with Crippen molar-refractivity contribution in [3.05, 3.63) is 58.1 Å². The van der Waals surface area contributed by atoms with Gasteiger partial charge in [0.05, 0.1) is 24.1 Å². The van der Waals surface area contributed by atoms with Gasteiger partial charge < -0.3 is 19.5 Å². The van der Waals surface area contributed by atoms with Crippen LogP contribution in [-0.4, -0.2) is 32.2 Å². The van der Waals surface area contributed by atoms with Crippen molar-refractivity contribution in [1.29, 1.82) is 0 Å². The van der Waals surface area contributed by atoms with Crippen molar-refractivity contribution in [2.75, 3.05) is 20.3 Å². The predicted octanol–water partition coefficient (Wildman–Crippen LogP) is 2.76. The molecule has 0 spiro atoms. The van der Waals surface area contributed by atoms with Crippen molar-refractivity contribution in [3.63, 3.8) is 0 Å². The monoisotopic (exact) mass is 375 g/mol. The molecule has 0 bridgehead atoms. The zero-order valence-corrected chi connectivity index (χ0v) is 15.0. The molecule has 136 valence electrons. The number of hydrogen-bond donors (Lipinski definition) is 1. The lowest BCUT2D eigenvalue weighted by atomic mass is 10.1. The van der Waals surface area contributed by atoms with Crippen molar-refractivity contribution < 1.29 is 23.8 Å². The van der Waals surface area contributed by atoms with Crippen LogP contribution in [0, 0.1) is 0 Å². The van der Waals surface area contributed by atoms with Crippen LogP contribution in [0.5, 0.6) is 11.5 Å². The van der Waals surface area contributed by atoms with Gasteiger partial charge in [-0.25, -0.2) is 4.79 Å². The van der Waals surface area contributed by atoms with Gasteiger partial charge in [-0.15, -0.1) is 0 Å². The van der Waals surface area contributed by atoms with E-state index in [9.17, 15) is 9.59 Å². The van der Waals surface area contributed by atoms with E-state index in [0.717, 1.165) is 11.1 Å². The molecule has 0 aliphatic carbocycles. The summed E-state index contributed by atoms with van der Waals surface area (Å²) in [5.41, 5.74) is 2.09. The lowest BCUT2D eigenvalue weighted by molar-refractivity contribution is -0.120. The number of methoxy groups -OCH3 is 1. The van der Waals surface area contributed by atoms with E-state index in [1.165, 1.54) is 7.11 Å². The Hall–Kier alpha value is -2.73. The minimum atomic E-state index is -0.393. The summed E-state index contributed by atoms with van der Waals surface area (Å²) < 4.78 is 15.6. The number of amides is 1. The van der Waals surface area contributed by atoms with Crippen molar-refractivity contribution >= 4 is 23.5 Å². The van der Waals surface area contributed by atoms with Gasteiger partial charge in [0, 0.05) is 6.54 Å². The Morgan fingerprint density at radius 3 is 2.58 bits per heavy atom. The van der Waals surface area contributed by atoms with Gasteiger partial charge in [0.15, 0.2) is 11.5 Å². The smallest absolute Gasteiger partial charge is 0.337 e. The van der Waals surface area contributed by atoms with Crippen LogP contribution in [-0.2, 0) is 22.5 Å². The Balaban J connectivity index is 1.57. The number of hydrogen-bond acceptors (Lipinski definition) is 5. The van der Waals surface area contributed by atoms with Crippen LogP contribution >= 0.6 is 11.6 Å². The summed E-state index contributed by atoms with van der Waals surface area (Å²) in [6, 6.07) is 10.3. The van der Waals surface area contributed by atoms with Crippen molar-refractivity contribution in [2.24, 2.45) is 0 Å². The van der Waals surface area contributed by atoms with Gasteiger partial charge in [0.25, 0.3) is 0 Å². The number of benzene rings is 2. The first-order chi connectivity index (χ1) is 12.6. The minimum Gasteiger partial charge on any atom is -0.486 e. The van der Waals surface area contributed by atoms with Gasteiger partial charge in [-0.1, -0.05) is 23.7 Å². The summed E-state index contributed by atoms with van der Waals surface area (Å²) in [7, 11) is 1.33. The van der Waals surface area contributed by atoms with E-state index < -0.39 is 5.97 Å². The normalized spacial score (nSPS) is 12.4. The fourth-order valence-electron chi connectivity index (χ4n) is 2.59. The molecule has 6 nitrogen and oxygen atoms in total. The fraction of sp³-hybridized carbons (Fsp3) is 0.263. The molecule has 1 amide bonds. The molecule has 0 aromatic heterocycles. The molecule has 0 atom stereocenters. The second-order valence-electron chi connectivity index (χ2n) is 5.74. The molecule has 1 aliphatic heterocycles. The Bertz CT molecular complexity index is 819. The number of ether oxygens (including phenoxy) is 3. The molecule has 1 heterocycles. The van der Waals surface area contributed by atoms with Gasteiger partial charge in [0.2, 0.25) is 5.91 Å². The van der Waals surface area contributed by atoms with Crippen LogP contribution in [0.3, 0.4) is 0 Å². The maximum Gasteiger partial charge on any atom is 0.337 e. The topological polar surface area (TPSA) is 73.9 Å². The summed E-state index contributed by atoms with van der Waals surface area (Å²) in [6.07, 6.45) is 0.177. The van der Waals surface area contributed by atoms with Gasteiger partial charge in [0.1, 0.15) is 13.2 Å². The Morgan fingerprint density at radius 2 is 1.85 bits per heavy atom. The number of rotatable bonds is 5. The van der Waals surface area contributed by atoms with Crippen molar-refractivity contribution in [1.82, 2.24) is 5.32 Å². The van der Waals surface area contributed by atoms with Crippen LogP contribution in [0.25, 0.3) is 0 Å². The van der Waals surface area contributed by atoms with E-state index in [2.05, 4.69) is 10.1 Å². The molecule has 1 N–H and O–H groups in total. The molecule has 0 unspecified atom stereocenters. The summed E-state index contributed by atoms with van der Waals surface area (Å²) in [5, 5.41) is 3.27. The van der Waals surface area contributed by atoms with Crippen molar-refractivity contribution in [2.45, 2.75) is 13.0 Å². The minimum absolute atomic E-state index is 0.144. The maximum atomic E-state index is 12.2. The van der Waals surface area contributed by atoms with E-state index in [4.69, 9.17) is 21.1 Å². The van der Waals surface area contributed by atoms with E-state index in [-0.39, 0.29) is 12.3 Å². The van der Waals surface area contributed by atoms with Crippen LogP contribution in [0.1, 0.15) is 21.5 Å². The average molecular weight is 376 g/mol. The molecule has 2 aromatic carbocycles. The average Bonchev–Trinajstić information content (AvgIpc) is 2.66. The summed E-state index contributed by atoms with van der Waals surface area (Å²) in [6.45, 7) is 1.28. The molecule has 0 fully saturated rings. The largest absolute Gasteiger partial charge is 0.486 e. The number of esters is 1. The van der Waals surface area contributed by atoms with Gasteiger partial charge >= 0.3 is 5.97 Å². The first-order valence-electron chi connectivity index (χ1n) is 8.09. The molecule has 1 aliphatic rings. The van der Waals surface area contributed by atoms with E-state index in [0.29, 0.717) is 41.8 Å². The number of carbonyl (C=O) groups is 2. The highest BCUT2D eigenvalue weighted by molar-refractivity contribution is 6.32. The third-order valence-electron chi connectivity index (χ3n) is 3.89. The summed E-state index contributed by atoms with van der Waals surface area (Å²) in [4.78, 5) is 23.6. The van der Waals surface area contributed by atoms with Crippen LogP contribution < -0.4 is 14.8 Å². The zero-order valence-electron chi connectivity index (χ0n) is 14.2. The Labute approximate surface area is 156 Å². The predicted molar refractivity (Wildman–Crippen MR) is 95.8 cm³/mol. The highest BCUT2D eigenvalue weighted by Crippen LogP contribution is 2.38. The second-order valence-corrected chi connectivity index (χ2v) is 6.15. The first-order valence-corrected chi connectivity index (χ1v) is 8.46. The van der Waals surface area contributed by atoms with Crippen LogP contribution in [0.2, 0.25) is 5.02 Å². The molecule has 2 aromatic rings. The Kier molecular flexibility index (Phi) is 5.63. The number of nitrogens with one attached hydrogen (secondary N) is 1. The first kappa shape index (κ1) is 18.1. The highest BCUT2D eigenvalue weighted by atomic mass is 35.5. The molecular formula is C19H18ClNO5. The van der Waals surface area contributed by atoms with Gasteiger partial charge in [-0.2, -0.15) is 0 Å². The van der Waals surface area contributed by atoms with E-state index >= 15 is 0 Å². The lowest BCUT2D eigenvalue weighted by Gasteiger charge is -2.20. The SMILES string of the molecule is COC(=O)c1ccc(CNC(=O)Cc2cc(Cl)c3c(c2)OCCO3)cc1. The molecule has 0 saturated carbocycles. The summed E-state index contributed by atoms with van der Waals surface area (Å²) >= 11 is 6.18. The van der Waals surface area contributed by atoms with Crippen molar-refractivity contribution in [3.8, 4) is 11.5 Å². The van der Waals surface area contributed by atoms with Crippen LogP contribution in [0.15, 0.2) is 36.4 Å². The number of fused-ring (bicyclic) bond motifs is 1. The van der Waals surface area contributed by atoms with Gasteiger partial charge in [-0.05, 0) is 35.4 Å². The van der Waals surface area contributed by atoms with Gasteiger partial charge in [-0.3, -0.25) is 4.79 Å². The number of halogens is 1. The molecule has 3 rings (SSSR count). The third-order valence-corrected chi connectivity index (χ3v) is 4.17.